The summed E-state index contributed by atoms with van der Waals surface area (Å²) < 4.78 is 25.5. The van der Waals surface area contributed by atoms with Gasteiger partial charge in [-0.3, -0.25) is 0 Å². The molecule has 0 saturated heterocycles. The fourth-order valence-corrected chi connectivity index (χ4v) is 3.00. The van der Waals surface area contributed by atoms with Crippen LogP contribution in [0.3, 0.4) is 0 Å². The van der Waals surface area contributed by atoms with Crippen LogP contribution in [-0.2, 0) is 10.0 Å². The molecule has 0 aliphatic rings. The monoisotopic (exact) mass is 269 g/mol. The summed E-state index contributed by atoms with van der Waals surface area (Å²) in [7, 11) is -0.420. The van der Waals surface area contributed by atoms with E-state index in [2.05, 4.69) is 0 Å². The maximum atomic E-state index is 12.1. The summed E-state index contributed by atoms with van der Waals surface area (Å²) in [6.07, 6.45) is 0. The Morgan fingerprint density at radius 2 is 1.59 bits per heavy atom. The quantitative estimate of drug-likeness (QED) is 0.841. The molecule has 0 atom stereocenters. The first kappa shape index (κ1) is 12.4. The summed E-state index contributed by atoms with van der Waals surface area (Å²) >= 11 is 6.05. The molecular weight excluding hydrogens is 258 g/mol. The molecule has 0 heterocycles. The van der Waals surface area contributed by atoms with Gasteiger partial charge < -0.3 is 0 Å². The maximum Gasteiger partial charge on any atom is 0.243 e. The molecule has 0 aliphatic carbocycles. The van der Waals surface area contributed by atoms with Gasteiger partial charge in [-0.15, -0.1) is 0 Å². The van der Waals surface area contributed by atoms with Crippen LogP contribution in [0.5, 0.6) is 0 Å². The first-order valence-corrected chi connectivity index (χ1v) is 6.86. The number of rotatable bonds is 2. The van der Waals surface area contributed by atoms with Crippen LogP contribution in [0.4, 0.5) is 0 Å². The van der Waals surface area contributed by atoms with Gasteiger partial charge in [-0.2, -0.15) is 0 Å². The van der Waals surface area contributed by atoms with Crippen molar-refractivity contribution in [2.75, 3.05) is 14.1 Å². The van der Waals surface area contributed by atoms with Crippen molar-refractivity contribution in [3.63, 3.8) is 0 Å². The van der Waals surface area contributed by atoms with Crippen molar-refractivity contribution >= 4 is 32.4 Å². The summed E-state index contributed by atoms with van der Waals surface area (Å²) in [5.74, 6) is 0. The van der Waals surface area contributed by atoms with Crippen LogP contribution < -0.4 is 0 Å². The predicted molar refractivity (Wildman–Crippen MR) is 69.8 cm³/mol. The molecular formula is C12H12ClNO2S. The van der Waals surface area contributed by atoms with E-state index in [0.29, 0.717) is 10.4 Å². The highest BCUT2D eigenvalue weighted by atomic mass is 35.5. The molecule has 0 aromatic heterocycles. The number of halogens is 1. The zero-order valence-electron chi connectivity index (χ0n) is 9.51. The smallest absolute Gasteiger partial charge is 0.207 e. The fourth-order valence-electron chi connectivity index (χ4n) is 1.66. The number of benzene rings is 2. The van der Waals surface area contributed by atoms with Gasteiger partial charge in [0.1, 0.15) is 0 Å². The van der Waals surface area contributed by atoms with Gasteiger partial charge in [0.05, 0.1) is 4.90 Å². The van der Waals surface area contributed by atoms with Crippen molar-refractivity contribution in [2.45, 2.75) is 4.90 Å². The predicted octanol–water partition coefficient (Wildman–Crippen LogP) is 2.74. The SMILES string of the molecule is CN(C)S(=O)(=O)c1cccc2c(Cl)cccc12. The average molecular weight is 270 g/mol. The number of fused-ring (bicyclic) bond motifs is 1. The number of hydrogen-bond donors (Lipinski definition) is 0. The van der Waals surface area contributed by atoms with E-state index in [0.717, 1.165) is 5.39 Å². The van der Waals surface area contributed by atoms with Crippen molar-refractivity contribution in [3.8, 4) is 0 Å². The van der Waals surface area contributed by atoms with E-state index < -0.39 is 10.0 Å². The van der Waals surface area contributed by atoms with Crippen LogP contribution in [0.2, 0.25) is 5.02 Å². The second-order valence-corrected chi connectivity index (χ2v) is 6.41. The van der Waals surface area contributed by atoms with Crippen molar-refractivity contribution < 1.29 is 8.42 Å². The van der Waals surface area contributed by atoms with E-state index in [9.17, 15) is 8.42 Å². The molecule has 3 nitrogen and oxygen atoms in total. The summed E-state index contributed by atoms with van der Waals surface area (Å²) in [5, 5.41) is 1.95. The van der Waals surface area contributed by atoms with Gasteiger partial charge in [-0.1, -0.05) is 35.9 Å². The Kier molecular flexibility index (Phi) is 3.12. The Labute approximate surface area is 106 Å². The van der Waals surface area contributed by atoms with Gasteiger partial charge in [-0.05, 0) is 12.1 Å². The molecule has 0 saturated carbocycles. The lowest BCUT2D eigenvalue weighted by molar-refractivity contribution is 0.521. The highest BCUT2D eigenvalue weighted by molar-refractivity contribution is 7.89. The zero-order chi connectivity index (χ0) is 12.6. The van der Waals surface area contributed by atoms with E-state index in [4.69, 9.17) is 11.6 Å². The Hall–Kier alpha value is -1.10. The second-order valence-electron chi connectivity index (χ2n) is 3.88. The van der Waals surface area contributed by atoms with Crippen LogP contribution in [0.1, 0.15) is 0 Å². The summed E-state index contributed by atoms with van der Waals surface area (Å²) in [6.45, 7) is 0. The van der Waals surface area contributed by atoms with Crippen LogP contribution in [0.15, 0.2) is 41.3 Å². The van der Waals surface area contributed by atoms with Gasteiger partial charge in [0.25, 0.3) is 0 Å². The third kappa shape index (κ3) is 2.04. The van der Waals surface area contributed by atoms with E-state index >= 15 is 0 Å². The normalized spacial score (nSPS) is 12.2. The molecule has 0 aliphatic heterocycles. The number of nitrogens with zero attached hydrogens (tertiary/aromatic N) is 1. The van der Waals surface area contributed by atoms with E-state index in [1.165, 1.54) is 18.4 Å². The van der Waals surface area contributed by atoms with Crippen molar-refractivity contribution in [3.05, 3.63) is 41.4 Å². The molecule has 5 heteroatoms. The van der Waals surface area contributed by atoms with Gasteiger partial charge in [0.2, 0.25) is 10.0 Å². The van der Waals surface area contributed by atoms with Crippen molar-refractivity contribution in [1.82, 2.24) is 4.31 Å². The van der Waals surface area contributed by atoms with Gasteiger partial charge >= 0.3 is 0 Å². The Morgan fingerprint density at radius 1 is 1.00 bits per heavy atom. The van der Waals surface area contributed by atoms with Crippen LogP contribution in [0, 0.1) is 0 Å². The van der Waals surface area contributed by atoms with E-state index in [-0.39, 0.29) is 4.90 Å². The minimum atomic E-state index is -3.45. The van der Waals surface area contributed by atoms with Crippen LogP contribution in [-0.4, -0.2) is 26.8 Å². The summed E-state index contributed by atoms with van der Waals surface area (Å²) in [5.41, 5.74) is 0. The second kappa shape index (κ2) is 4.29. The first-order chi connectivity index (χ1) is 7.94. The minimum absolute atomic E-state index is 0.280. The van der Waals surface area contributed by atoms with Crippen LogP contribution in [0.25, 0.3) is 10.8 Å². The van der Waals surface area contributed by atoms with Gasteiger partial charge in [-0.25, -0.2) is 12.7 Å². The molecule has 17 heavy (non-hydrogen) atoms. The summed E-state index contributed by atoms with van der Waals surface area (Å²) in [4.78, 5) is 0.280. The third-order valence-electron chi connectivity index (χ3n) is 2.59. The fraction of sp³-hybridized carbons (Fsp3) is 0.167. The molecule has 0 spiro atoms. The van der Waals surface area contributed by atoms with E-state index in [1.807, 2.05) is 6.07 Å². The molecule has 2 rings (SSSR count). The molecule has 0 amide bonds. The lowest BCUT2D eigenvalue weighted by Crippen LogP contribution is -2.22. The molecule has 2 aromatic rings. The minimum Gasteiger partial charge on any atom is -0.207 e. The highest BCUT2D eigenvalue weighted by Gasteiger charge is 2.20. The standard InChI is InChI=1S/C12H12ClNO2S/c1-14(2)17(15,16)12-8-4-5-9-10(12)6-3-7-11(9)13/h3-8H,1-2H3. The lowest BCUT2D eigenvalue weighted by atomic mass is 10.1. The van der Waals surface area contributed by atoms with E-state index in [1.54, 1.807) is 30.3 Å². The molecule has 90 valence electrons. The number of sulfonamides is 1. The van der Waals surface area contributed by atoms with Crippen molar-refractivity contribution in [1.29, 1.82) is 0 Å². The Balaban J connectivity index is 2.85. The molecule has 0 N–H and O–H groups in total. The molecule has 0 bridgehead atoms. The molecule has 0 unspecified atom stereocenters. The zero-order valence-corrected chi connectivity index (χ0v) is 11.1. The largest absolute Gasteiger partial charge is 0.243 e. The molecule has 2 aromatic carbocycles. The summed E-state index contributed by atoms with van der Waals surface area (Å²) in [6, 6.07) is 10.4. The molecule has 0 radical (unpaired) electrons. The van der Waals surface area contributed by atoms with Crippen molar-refractivity contribution in [2.24, 2.45) is 0 Å². The maximum absolute atomic E-state index is 12.1. The molecule has 0 fully saturated rings. The number of hydrogen-bond acceptors (Lipinski definition) is 2. The Morgan fingerprint density at radius 3 is 2.24 bits per heavy atom. The first-order valence-electron chi connectivity index (χ1n) is 5.04. The van der Waals surface area contributed by atoms with Gasteiger partial charge in [0.15, 0.2) is 0 Å². The van der Waals surface area contributed by atoms with Crippen LogP contribution >= 0.6 is 11.6 Å². The topological polar surface area (TPSA) is 37.4 Å². The third-order valence-corrected chi connectivity index (χ3v) is 4.79. The average Bonchev–Trinajstić information content (AvgIpc) is 2.28. The lowest BCUT2D eigenvalue weighted by Gasteiger charge is -2.13. The Bertz CT molecular complexity index is 665. The van der Waals surface area contributed by atoms with Gasteiger partial charge in [0, 0.05) is 29.9 Å². The highest BCUT2D eigenvalue weighted by Crippen LogP contribution is 2.29.